The number of hydrogen-bond acceptors (Lipinski definition) is 5. The molecule has 7 nitrogen and oxygen atoms in total. The van der Waals surface area contributed by atoms with E-state index in [-0.39, 0.29) is 24.7 Å². The molecular formula is C20H23FN2O5S. The van der Waals surface area contributed by atoms with Crippen LogP contribution in [0.2, 0.25) is 0 Å². The highest BCUT2D eigenvalue weighted by Crippen LogP contribution is 2.19. The summed E-state index contributed by atoms with van der Waals surface area (Å²) in [6.07, 6.45) is 0. The lowest BCUT2D eigenvalue weighted by atomic mass is 10.2. The van der Waals surface area contributed by atoms with Gasteiger partial charge in [0.05, 0.1) is 24.5 Å². The Hall–Kier alpha value is -2.49. The highest BCUT2D eigenvalue weighted by atomic mass is 32.2. The van der Waals surface area contributed by atoms with Crippen LogP contribution < -0.4 is 10.1 Å². The molecule has 156 valence electrons. The third-order valence-electron chi connectivity index (χ3n) is 4.45. The van der Waals surface area contributed by atoms with Crippen molar-refractivity contribution in [1.82, 2.24) is 9.62 Å². The molecule has 1 amide bonds. The normalized spacial score (nSPS) is 15.1. The van der Waals surface area contributed by atoms with E-state index in [1.165, 1.54) is 16.4 Å². The lowest BCUT2D eigenvalue weighted by Crippen LogP contribution is -2.43. The van der Waals surface area contributed by atoms with Crippen LogP contribution in [-0.2, 0) is 21.4 Å². The van der Waals surface area contributed by atoms with E-state index in [0.717, 1.165) is 5.56 Å². The van der Waals surface area contributed by atoms with Gasteiger partial charge >= 0.3 is 0 Å². The SMILES string of the molecule is O=C(NCCS(=O)(=O)N1CCOCC1)c1ccccc1OCc1ccc(F)cc1. The van der Waals surface area contributed by atoms with E-state index in [1.807, 2.05) is 0 Å². The van der Waals surface area contributed by atoms with Crippen molar-refractivity contribution in [1.29, 1.82) is 0 Å². The Labute approximate surface area is 169 Å². The maximum Gasteiger partial charge on any atom is 0.255 e. The lowest BCUT2D eigenvalue weighted by molar-refractivity contribution is 0.0730. The molecule has 9 heteroatoms. The second kappa shape index (κ2) is 9.82. The van der Waals surface area contributed by atoms with Crippen molar-refractivity contribution in [2.75, 3.05) is 38.6 Å². The van der Waals surface area contributed by atoms with E-state index < -0.39 is 15.9 Å². The minimum absolute atomic E-state index is 0.00911. The van der Waals surface area contributed by atoms with Crippen LogP contribution in [0.1, 0.15) is 15.9 Å². The van der Waals surface area contributed by atoms with Crippen LogP contribution >= 0.6 is 0 Å². The molecule has 0 spiro atoms. The van der Waals surface area contributed by atoms with Gasteiger partial charge in [0.2, 0.25) is 10.0 Å². The maximum atomic E-state index is 13.0. The Morgan fingerprint density at radius 2 is 1.79 bits per heavy atom. The van der Waals surface area contributed by atoms with Crippen LogP contribution in [0, 0.1) is 5.82 Å². The summed E-state index contributed by atoms with van der Waals surface area (Å²) >= 11 is 0. The quantitative estimate of drug-likeness (QED) is 0.701. The van der Waals surface area contributed by atoms with Crippen LogP contribution in [0.5, 0.6) is 5.75 Å². The Morgan fingerprint density at radius 1 is 1.10 bits per heavy atom. The van der Waals surface area contributed by atoms with Crippen molar-refractivity contribution in [3.8, 4) is 5.75 Å². The number of carbonyl (C=O) groups excluding carboxylic acids is 1. The van der Waals surface area contributed by atoms with Crippen LogP contribution in [0.25, 0.3) is 0 Å². The van der Waals surface area contributed by atoms with Crippen LogP contribution in [-0.4, -0.2) is 57.2 Å². The number of carbonyl (C=O) groups is 1. The molecule has 0 saturated carbocycles. The summed E-state index contributed by atoms with van der Waals surface area (Å²) in [6.45, 7) is 1.59. The molecule has 0 bridgehead atoms. The molecule has 2 aromatic carbocycles. The second-order valence-electron chi connectivity index (χ2n) is 6.49. The van der Waals surface area contributed by atoms with Crippen molar-refractivity contribution in [2.24, 2.45) is 0 Å². The van der Waals surface area contributed by atoms with Crippen molar-refractivity contribution < 1.29 is 27.1 Å². The van der Waals surface area contributed by atoms with E-state index in [9.17, 15) is 17.6 Å². The van der Waals surface area contributed by atoms with Crippen LogP contribution in [0.15, 0.2) is 48.5 Å². The largest absolute Gasteiger partial charge is 0.488 e. The number of morpholine rings is 1. The molecule has 1 fully saturated rings. The zero-order valence-corrected chi connectivity index (χ0v) is 16.7. The first-order valence-electron chi connectivity index (χ1n) is 9.26. The van der Waals surface area contributed by atoms with E-state index >= 15 is 0 Å². The average molecular weight is 422 g/mol. The molecule has 0 aromatic heterocycles. The fraction of sp³-hybridized carbons (Fsp3) is 0.350. The highest BCUT2D eigenvalue weighted by molar-refractivity contribution is 7.89. The zero-order valence-electron chi connectivity index (χ0n) is 15.8. The van der Waals surface area contributed by atoms with Gasteiger partial charge in [0, 0.05) is 19.6 Å². The molecule has 0 unspecified atom stereocenters. The van der Waals surface area contributed by atoms with Crippen molar-refractivity contribution in [2.45, 2.75) is 6.61 Å². The van der Waals surface area contributed by atoms with Gasteiger partial charge in [0.1, 0.15) is 18.2 Å². The number of ether oxygens (including phenoxy) is 2. The lowest BCUT2D eigenvalue weighted by Gasteiger charge is -2.26. The van der Waals surface area contributed by atoms with Crippen molar-refractivity contribution in [3.63, 3.8) is 0 Å². The molecule has 1 heterocycles. The number of nitrogens with one attached hydrogen (secondary N) is 1. The number of amides is 1. The molecule has 0 atom stereocenters. The summed E-state index contributed by atoms with van der Waals surface area (Å²) < 4.78 is 49.9. The number of nitrogens with zero attached hydrogens (tertiary/aromatic N) is 1. The van der Waals surface area contributed by atoms with Gasteiger partial charge in [-0.3, -0.25) is 4.79 Å². The standard InChI is InChI=1S/C20H23FN2O5S/c21-17-7-5-16(6-8-17)15-28-19-4-2-1-3-18(19)20(24)22-9-14-29(25,26)23-10-12-27-13-11-23/h1-8H,9-15H2,(H,22,24). The topological polar surface area (TPSA) is 84.9 Å². The van der Waals surface area contributed by atoms with Crippen LogP contribution in [0.3, 0.4) is 0 Å². The highest BCUT2D eigenvalue weighted by Gasteiger charge is 2.24. The average Bonchev–Trinajstić information content (AvgIpc) is 2.74. The molecule has 1 aliphatic heterocycles. The predicted octanol–water partition coefficient (Wildman–Crippen LogP) is 1.80. The number of hydrogen-bond donors (Lipinski definition) is 1. The van der Waals surface area contributed by atoms with Crippen LogP contribution in [0.4, 0.5) is 4.39 Å². The predicted molar refractivity (Wildman–Crippen MR) is 106 cm³/mol. The van der Waals surface area contributed by atoms with E-state index in [0.29, 0.717) is 37.6 Å². The van der Waals surface area contributed by atoms with Crippen molar-refractivity contribution >= 4 is 15.9 Å². The Balaban J connectivity index is 1.56. The monoisotopic (exact) mass is 422 g/mol. The van der Waals surface area contributed by atoms with Gasteiger partial charge in [-0.05, 0) is 29.8 Å². The minimum atomic E-state index is -3.44. The number of halogens is 1. The summed E-state index contributed by atoms with van der Waals surface area (Å²) in [5.74, 6) is -0.569. The summed E-state index contributed by atoms with van der Waals surface area (Å²) in [5, 5.41) is 2.63. The summed E-state index contributed by atoms with van der Waals surface area (Å²) in [4.78, 5) is 12.5. The fourth-order valence-corrected chi connectivity index (χ4v) is 4.19. The minimum Gasteiger partial charge on any atom is -0.488 e. The number of sulfonamides is 1. The first-order valence-corrected chi connectivity index (χ1v) is 10.9. The fourth-order valence-electron chi connectivity index (χ4n) is 2.86. The third kappa shape index (κ3) is 5.99. The molecule has 29 heavy (non-hydrogen) atoms. The summed E-state index contributed by atoms with van der Waals surface area (Å²) in [6, 6.07) is 12.6. The van der Waals surface area contributed by atoms with Gasteiger partial charge in [-0.25, -0.2) is 12.8 Å². The summed E-state index contributed by atoms with van der Waals surface area (Å²) in [5.41, 5.74) is 1.07. The smallest absolute Gasteiger partial charge is 0.255 e. The molecule has 0 aliphatic carbocycles. The molecule has 1 saturated heterocycles. The third-order valence-corrected chi connectivity index (χ3v) is 6.32. The molecule has 0 radical (unpaired) electrons. The number of rotatable bonds is 8. The zero-order chi connectivity index (χ0) is 20.7. The second-order valence-corrected chi connectivity index (χ2v) is 8.58. The van der Waals surface area contributed by atoms with Gasteiger partial charge in [-0.15, -0.1) is 0 Å². The first kappa shape index (κ1) is 21.2. The Bertz CT molecular complexity index is 928. The number of para-hydroxylation sites is 1. The van der Waals surface area contributed by atoms with Gasteiger partial charge in [0.25, 0.3) is 5.91 Å². The number of benzene rings is 2. The first-order chi connectivity index (χ1) is 14.0. The van der Waals surface area contributed by atoms with Gasteiger partial charge in [-0.2, -0.15) is 4.31 Å². The van der Waals surface area contributed by atoms with Crippen molar-refractivity contribution in [3.05, 3.63) is 65.5 Å². The molecule has 2 aromatic rings. The van der Waals surface area contributed by atoms with E-state index in [1.54, 1.807) is 36.4 Å². The molecule has 1 N–H and O–H groups in total. The van der Waals surface area contributed by atoms with Gasteiger partial charge < -0.3 is 14.8 Å². The van der Waals surface area contributed by atoms with E-state index in [2.05, 4.69) is 5.32 Å². The molecule has 3 rings (SSSR count). The Kier molecular flexibility index (Phi) is 7.18. The van der Waals surface area contributed by atoms with Gasteiger partial charge in [0.15, 0.2) is 0 Å². The molecular weight excluding hydrogens is 399 g/mol. The maximum absolute atomic E-state index is 13.0. The summed E-state index contributed by atoms with van der Waals surface area (Å²) in [7, 11) is -3.44. The Morgan fingerprint density at radius 3 is 2.52 bits per heavy atom. The van der Waals surface area contributed by atoms with Gasteiger partial charge in [-0.1, -0.05) is 24.3 Å². The van der Waals surface area contributed by atoms with E-state index in [4.69, 9.17) is 9.47 Å². The molecule has 1 aliphatic rings.